The van der Waals surface area contributed by atoms with E-state index in [0.29, 0.717) is 5.41 Å². The van der Waals surface area contributed by atoms with E-state index >= 15 is 0 Å². The average molecular weight is 292 g/mol. The molecule has 0 saturated heterocycles. The molecule has 0 aromatic rings. The van der Waals surface area contributed by atoms with E-state index < -0.39 is 0 Å². The van der Waals surface area contributed by atoms with Crippen molar-refractivity contribution < 1.29 is 10.2 Å². The van der Waals surface area contributed by atoms with Gasteiger partial charge in [-0.3, -0.25) is 0 Å². The Morgan fingerprint density at radius 2 is 1.48 bits per heavy atom. The first-order valence-electron chi connectivity index (χ1n) is 9.31. The number of fused-ring (bicyclic) bond motifs is 5. The molecule has 0 heterocycles. The van der Waals surface area contributed by atoms with Crippen molar-refractivity contribution in [1.29, 1.82) is 0 Å². The van der Waals surface area contributed by atoms with Crippen molar-refractivity contribution >= 4 is 0 Å². The third kappa shape index (κ3) is 1.91. The van der Waals surface area contributed by atoms with E-state index in [4.69, 9.17) is 0 Å². The summed E-state index contributed by atoms with van der Waals surface area (Å²) in [5.41, 5.74) is 0.676. The van der Waals surface area contributed by atoms with Crippen LogP contribution in [0, 0.1) is 34.5 Å². The van der Waals surface area contributed by atoms with E-state index in [1.165, 1.54) is 38.5 Å². The summed E-state index contributed by atoms with van der Waals surface area (Å²) in [6.07, 6.45) is 10.7. The molecule has 7 unspecified atom stereocenters. The van der Waals surface area contributed by atoms with Crippen molar-refractivity contribution in [2.24, 2.45) is 34.5 Å². The van der Waals surface area contributed by atoms with Crippen LogP contribution >= 0.6 is 0 Å². The zero-order valence-corrected chi connectivity index (χ0v) is 13.7. The average Bonchev–Trinajstić information content (AvgIpc) is 2.76. The van der Waals surface area contributed by atoms with Gasteiger partial charge in [0.15, 0.2) is 0 Å². The molecule has 0 aromatic carbocycles. The molecule has 2 heteroatoms. The quantitative estimate of drug-likeness (QED) is 0.714. The lowest BCUT2D eigenvalue weighted by Gasteiger charge is -2.60. The Morgan fingerprint density at radius 3 is 2.29 bits per heavy atom. The molecule has 2 N–H and O–H groups in total. The second-order valence-electron chi connectivity index (χ2n) is 9.22. The van der Waals surface area contributed by atoms with Crippen molar-refractivity contribution in [1.82, 2.24) is 0 Å². The lowest BCUT2D eigenvalue weighted by atomic mass is 9.45. The minimum Gasteiger partial charge on any atom is -0.393 e. The Labute approximate surface area is 129 Å². The molecule has 4 fully saturated rings. The molecule has 0 radical (unpaired) electrons. The summed E-state index contributed by atoms with van der Waals surface area (Å²) in [7, 11) is 0. The third-order valence-electron chi connectivity index (χ3n) is 8.59. The van der Waals surface area contributed by atoms with E-state index in [1.54, 1.807) is 0 Å². The molecule has 0 aliphatic heterocycles. The van der Waals surface area contributed by atoms with Gasteiger partial charge in [-0.05, 0) is 92.3 Å². The van der Waals surface area contributed by atoms with Gasteiger partial charge in [-0.2, -0.15) is 0 Å². The maximum Gasteiger partial charge on any atom is 0.0596 e. The molecule has 4 aliphatic rings. The second-order valence-corrected chi connectivity index (χ2v) is 9.22. The van der Waals surface area contributed by atoms with Gasteiger partial charge in [0, 0.05) is 0 Å². The smallest absolute Gasteiger partial charge is 0.0596 e. The molecule has 21 heavy (non-hydrogen) atoms. The maximum atomic E-state index is 10.5. The van der Waals surface area contributed by atoms with E-state index in [2.05, 4.69) is 13.8 Å². The minimum absolute atomic E-state index is 0.0400. The van der Waals surface area contributed by atoms with Crippen LogP contribution in [0.2, 0.25) is 0 Å². The number of aliphatic hydroxyl groups is 2. The summed E-state index contributed by atoms with van der Waals surface area (Å²) in [4.78, 5) is 0. The minimum atomic E-state index is -0.0536. The number of aliphatic hydroxyl groups excluding tert-OH is 2. The van der Waals surface area contributed by atoms with Crippen LogP contribution in [0.15, 0.2) is 0 Å². The highest BCUT2D eigenvalue weighted by molar-refractivity contribution is 5.09. The van der Waals surface area contributed by atoms with E-state index in [-0.39, 0.29) is 17.6 Å². The van der Waals surface area contributed by atoms with Crippen LogP contribution in [0.3, 0.4) is 0 Å². The lowest BCUT2D eigenvalue weighted by Crippen LogP contribution is -2.54. The van der Waals surface area contributed by atoms with E-state index in [9.17, 15) is 10.2 Å². The number of hydrogen-bond donors (Lipinski definition) is 2. The molecular weight excluding hydrogens is 260 g/mol. The highest BCUT2D eigenvalue weighted by atomic mass is 16.3. The van der Waals surface area contributed by atoms with Crippen LogP contribution in [0.4, 0.5) is 0 Å². The Balaban J connectivity index is 1.62. The Morgan fingerprint density at radius 1 is 0.762 bits per heavy atom. The van der Waals surface area contributed by atoms with Crippen LogP contribution in [0.5, 0.6) is 0 Å². The molecule has 4 saturated carbocycles. The van der Waals surface area contributed by atoms with Gasteiger partial charge in [-0.15, -0.1) is 0 Å². The first-order valence-corrected chi connectivity index (χ1v) is 9.31. The molecule has 0 bridgehead atoms. The van der Waals surface area contributed by atoms with Crippen LogP contribution in [-0.4, -0.2) is 22.4 Å². The van der Waals surface area contributed by atoms with Gasteiger partial charge in [0.25, 0.3) is 0 Å². The van der Waals surface area contributed by atoms with Gasteiger partial charge >= 0.3 is 0 Å². The van der Waals surface area contributed by atoms with Gasteiger partial charge in [0.05, 0.1) is 12.2 Å². The molecule has 4 rings (SSSR count). The largest absolute Gasteiger partial charge is 0.393 e. The fourth-order valence-corrected chi connectivity index (χ4v) is 7.21. The lowest BCUT2D eigenvalue weighted by molar-refractivity contribution is -0.133. The van der Waals surface area contributed by atoms with E-state index in [1.807, 2.05) is 0 Å². The first-order chi connectivity index (χ1) is 9.95. The summed E-state index contributed by atoms with van der Waals surface area (Å²) < 4.78 is 0. The molecule has 120 valence electrons. The summed E-state index contributed by atoms with van der Waals surface area (Å²) >= 11 is 0. The first kappa shape index (κ1) is 14.5. The molecule has 0 aromatic heterocycles. The standard InChI is InChI=1S/C19H32O2/c1-18-9-7-13(20)11-12(18)3-4-14-15-5-6-17(21)19(15,2)10-8-16(14)18/h12-17,20-21H,3-11H2,1-2H3/t12?,13?,14?,15?,16?,17-,18?,19?/m1/s1. The number of rotatable bonds is 0. The molecule has 0 spiro atoms. The second kappa shape index (κ2) is 4.71. The van der Waals surface area contributed by atoms with Crippen molar-refractivity contribution in [3.8, 4) is 0 Å². The zero-order valence-electron chi connectivity index (χ0n) is 13.7. The molecule has 8 atom stereocenters. The summed E-state index contributed by atoms with van der Waals surface area (Å²) in [6, 6.07) is 0. The molecular formula is C19H32O2. The molecule has 4 aliphatic carbocycles. The highest BCUT2D eigenvalue weighted by Crippen LogP contribution is 2.66. The van der Waals surface area contributed by atoms with Gasteiger partial charge in [-0.1, -0.05) is 13.8 Å². The van der Waals surface area contributed by atoms with Crippen LogP contribution in [0.1, 0.15) is 71.6 Å². The van der Waals surface area contributed by atoms with Gasteiger partial charge < -0.3 is 10.2 Å². The SMILES string of the molecule is CC12CCC(O)CC1CCC1C2CCC2(C)C1CC[C@H]2O. The van der Waals surface area contributed by atoms with Crippen LogP contribution in [-0.2, 0) is 0 Å². The predicted molar refractivity (Wildman–Crippen MR) is 83.7 cm³/mol. The monoisotopic (exact) mass is 292 g/mol. The maximum absolute atomic E-state index is 10.5. The van der Waals surface area contributed by atoms with Crippen molar-refractivity contribution in [3.05, 3.63) is 0 Å². The van der Waals surface area contributed by atoms with Gasteiger partial charge in [0.1, 0.15) is 0 Å². The number of hydrogen-bond acceptors (Lipinski definition) is 2. The summed E-state index contributed by atoms with van der Waals surface area (Å²) in [5.74, 6) is 3.21. The Kier molecular flexibility index (Phi) is 3.25. The van der Waals surface area contributed by atoms with E-state index in [0.717, 1.165) is 42.9 Å². The van der Waals surface area contributed by atoms with Crippen molar-refractivity contribution in [3.63, 3.8) is 0 Å². The van der Waals surface area contributed by atoms with Crippen LogP contribution < -0.4 is 0 Å². The zero-order chi connectivity index (χ0) is 14.8. The predicted octanol–water partition coefficient (Wildman–Crippen LogP) is 3.75. The van der Waals surface area contributed by atoms with Gasteiger partial charge in [0.2, 0.25) is 0 Å². The van der Waals surface area contributed by atoms with Gasteiger partial charge in [-0.25, -0.2) is 0 Å². The molecule has 0 amide bonds. The Hall–Kier alpha value is -0.0800. The molecule has 2 nitrogen and oxygen atoms in total. The van der Waals surface area contributed by atoms with Crippen LogP contribution in [0.25, 0.3) is 0 Å². The summed E-state index contributed by atoms with van der Waals surface area (Å²) in [5, 5.41) is 20.5. The highest BCUT2D eigenvalue weighted by Gasteiger charge is 2.59. The van der Waals surface area contributed by atoms with Crippen molar-refractivity contribution in [2.45, 2.75) is 83.8 Å². The summed E-state index contributed by atoms with van der Waals surface area (Å²) in [6.45, 7) is 4.90. The van der Waals surface area contributed by atoms with Crippen molar-refractivity contribution in [2.75, 3.05) is 0 Å². The fourth-order valence-electron chi connectivity index (χ4n) is 7.21. The Bertz CT molecular complexity index is 422. The topological polar surface area (TPSA) is 40.5 Å². The normalized spacial score (nSPS) is 60.0. The fraction of sp³-hybridized carbons (Fsp3) is 1.00. The third-order valence-corrected chi connectivity index (χ3v) is 8.59.